The Balaban J connectivity index is -0.000000546. The maximum absolute atomic E-state index is 11.5. The minimum absolute atomic E-state index is 0. The van der Waals surface area contributed by atoms with Gasteiger partial charge in [-0.25, -0.2) is 4.98 Å². The molecule has 2 aromatic heterocycles. The van der Waals surface area contributed by atoms with Crippen molar-refractivity contribution in [2.45, 2.75) is 13.0 Å². The van der Waals surface area contributed by atoms with Crippen LogP contribution in [0.1, 0.15) is 6.42 Å². The van der Waals surface area contributed by atoms with E-state index in [9.17, 15) is 4.79 Å². The number of aromatic amines is 1. The van der Waals surface area contributed by atoms with Crippen LogP contribution in [-0.4, -0.2) is 48.7 Å². The third-order valence-electron chi connectivity index (χ3n) is 3.01. The van der Waals surface area contributed by atoms with Crippen molar-refractivity contribution in [2.24, 2.45) is 5.92 Å². The van der Waals surface area contributed by atoms with Crippen LogP contribution in [0.4, 0.5) is 10.7 Å². The van der Waals surface area contributed by atoms with E-state index in [0.29, 0.717) is 18.6 Å². The zero-order valence-electron chi connectivity index (χ0n) is 15.7. The van der Waals surface area contributed by atoms with E-state index in [1.807, 2.05) is 0 Å². The molecule has 0 aromatic carbocycles. The van der Waals surface area contributed by atoms with Gasteiger partial charge in [-0.1, -0.05) is 0 Å². The second-order valence-corrected chi connectivity index (χ2v) is 6.20. The Kier molecular flexibility index (Phi) is 18.4. The first-order valence-corrected chi connectivity index (χ1v) is 8.30. The number of nitrogens with one attached hydrogen (secondary N) is 1. The number of carboxylic acid groups (broad SMARTS) is 1. The molecular weight excluding hydrogens is 430 g/mol. The number of imidazole rings is 1. The number of nitrogens with zero attached hydrogens (tertiary/aromatic N) is 3. The van der Waals surface area contributed by atoms with E-state index in [0.717, 1.165) is 0 Å². The molecule has 0 amide bonds. The van der Waals surface area contributed by atoms with Crippen LogP contribution >= 0.6 is 7.60 Å². The Morgan fingerprint density at radius 3 is 2.21 bits per heavy atom. The van der Waals surface area contributed by atoms with Gasteiger partial charge < -0.3 is 44.8 Å². The van der Waals surface area contributed by atoms with Crippen LogP contribution in [0.15, 0.2) is 11.1 Å². The number of nitrogen functional groups attached to an aromatic ring is 1. The summed E-state index contributed by atoms with van der Waals surface area (Å²) >= 11 is 0. The average Bonchev–Trinajstić information content (AvgIpc) is 2.91. The van der Waals surface area contributed by atoms with Crippen LogP contribution in [-0.2, 0) is 11.1 Å². The number of carbonyl (C=O) groups excluding carboxylic acids is 1. The number of aliphatic hydroxyl groups is 2. The molecule has 0 radical (unpaired) electrons. The Morgan fingerprint density at radius 2 is 1.79 bits per heavy atom. The third kappa shape index (κ3) is 10.6. The van der Waals surface area contributed by atoms with Crippen molar-refractivity contribution in [3.8, 4) is 0 Å². The number of aromatic nitrogens is 4. The molecule has 5 N–H and O–H groups in total. The van der Waals surface area contributed by atoms with E-state index >= 15 is 0 Å². The van der Waals surface area contributed by atoms with Gasteiger partial charge in [-0.15, -0.1) is 0 Å². The number of hydrogen-bond donors (Lipinski definition) is 4. The van der Waals surface area contributed by atoms with Gasteiger partial charge in [-0.2, -0.15) is 4.98 Å². The fourth-order valence-electron chi connectivity index (χ4n) is 1.70. The molecule has 0 bridgehead atoms. The van der Waals surface area contributed by atoms with Gasteiger partial charge in [0, 0.05) is 25.7 Å². The standard InChI is InChI=1S/C10H15N5O3.CH3O5P.3Na/c11-10-13-8-7(9(18)14-10)12-5-15(8)2-1-6(3-16)4-17;2-1(3)7(4,5)6;;;/h5-6,16-17H,1-4H2,(H3,11,13,14,18);(H,2,3)(H2,4,5,6);;;/q;;3*+1/p-3. The molecule has 140 valence electrons. The summed E-state index contributed by atoms with van der Waals surface area (Å²) in [5, 5.41) is 27.0. The van der Waals surface area contributed by atoms with Crippen LogP contribution in [0.25, 0.3) is 11.2 Å². The Hall–Kier alpha value is 0.690. The second-order valence-electron chi connectivity index (χ2n) is 4.84. The minimum Gasteiger partial charge on any atom is -0.807 e. The molecule has 2 heterocycles. The van der Waals surface area contributed by atoms with E-state index in [1.165, 1.54) is 6.33 Å². The van der Waals surface area contributed by atoms with Gasteiger partial charge in [0.05, 0.1) is 12.0 Å². The molecule has 0 atom stereocenters. The SMILES string of the molecule is Nc1nc2c(ncn2CCC(CO)CO)c(=O)[nH]1.O=C([O-])P(=O)([O-])[O-].[Na+].[Na+].[Na+]. The molecule has 0 aliphatic rings. The van der Waals surface area contributed by atoms with Gasteiger partial charge in [0.1, 0.15) is 0 Å². The predicted octanol–water partition coefficient (Wildman–Crippen LogP) is -13.1. The molecule has 0 unspecified atom stereocenters. The quantitative estimate of drug-likeness (QED) is 0.241. The van der Waals surface area contributed by atoms with Crippen molar-refractivity contribution in [1.29, 1.82) is 0 Å². The molecule has 2 aromatic rings. The molecule has 2 rings (SSSR count). The summed E-state index contributed by atoms with van der Waals surface area (Å²) in [5.74, 6) is -0.156. The van der Waals surface area contributed by atoms with Gasteiger partial charge in [-0.3, -0.25) is 9.78 Å². The zero-order chi connectivity index (χ0) is 19.2. The van der Waals surface area contributed by atoms with E-state index in [-0.39, 0.29) is 125 Å². The van der Waals surface area contributed by atoms with Crippen LogP contribution < -0.4 is 115 Å². The van der Waals surface area contributed by atoms with Crippen molar-refractivity contribution >= 4 is 30.4 Å². The van der Waals surface area contributed by atoms with Crippen molar-refractivity contribution in [3.63, 3.8) is 0 Å². The number of H-pyrrole nitrogens is 1. The van der Waals surface area contributed by atoms with E-state index in [2.05, 4.69) is 15.0 Å². The van der Waals surface area contributed by atoms with Crippen LogP contribution in [0.2, 0.25) is 0 Å². The first kappa shape index (κ1) is 33.3. The van der Waals surface area contributed by atoms with Gasteiger partial charge in [0.2, 0.25) is 5.95 Å². The van der Waals surface area contributed by atoms with Gasteiger partial charge in [0.25, 0.3) is 5.56 Å². The normalized spacial score (nSPS) is 10.2. The number of carbonyl (C=O) groups is 1. The number of fused-ring (bicyclic) bond motifs is 1. The van der Waals surface area contributed by atoms with Crippen LogP contribution in [0.3, 0.4) is 0 Å². The molecule has 0 saturated heterocycles. The van der Waals surface area contributed by atoms with E-state index in [1.54, 1.807) is 4.57 Å². The maximum Gasteiger partial charge on any atom is 1.00 e. The monoisotopic (exact) mass is 445 g/mol. The maximum atomic E-state index is 11.5. The van der Waals surface area contributed by atoms with Crippen molar-refractivity contribution in [2.75, 3.05) is 18.9 Å². The Bertz CT molecular complexity index is 837. The fraction of sp³-hybridized carbons (Fsp3) is 0.455. The van der Waals surface area contributed by atoms with Gasteiger partial charge >= 0.3 is 88.7 Å². The largest absolute Gasteiger partial charge is 1.00 e. The van der Waals surface area contributed by atoms with Crippen molar-refractivity contribution in [3.05, 3.63) is 16.7 Å². The third-order valence-corrected chi connectivity index (χ3v) is 3.46. The van der Waals surface area contributed by atoms with Crippen molar-refractivity contribution < 1.29 is 123 Å². The van der Waals surface area contributed by atoms with E-state index in [4.69, 9.17) is 40.2 Å². The number of aliphatic hydroxyl groups excluding tert-OH is 2. The van der Waals surface area contributed by atoms with Gasteiger partial charge in [-0.05, 0) is 14.0 Å². The summed E-state index contributed by atoms with van der Waals surface area (Å²) in [4.78, 5) is 49.2. The van der Waals surface area contributed by atoms with Crippen LogP contribution in [0.5, 0.6) is 0 Å². The number of aryl methyl sites for hydroxylation is 1. The number of anilines is 1. The summed E-state index contributed by atoms with van der Waals surface area (Å²) in [5.41, 5.74) is 3.17. The summed E-state index contributed by atoms with van der Waals surface area (Å²) in [7, 11) is -5.43. The predicted molar refractivity (Wildman–Crippen MR) is 77.8 cm³/mol. The molecule has 0 aliphatic heterocycles. The summed E-state index contributed by atoms with van der Waals surface area (Å²) in [6.45, 7) is 0.330. The molecule has 28 heavy (non-hydrogen) atoms. The number of hydrogen-bond acceptors (Lipinski definition) is 11. The molecule has 0 saturated carbocycles. The fourth-order valence-corrected chi connectivity index (χ4v) is 1.70. The number of rotatable bonds is 6. The molecule has 17 heteroatoms. The summed E-state index contributed by atoms with van der Waals surface area (Å²) in [6, 6.07) is 0. The average molecular weight is 445 g/mol. The molecule has 0 spiro atoms. The molecule has 0 aliphatic carbocycles. The smallest absolute Gasteiger partial charge is 0.807 e. The Morgan fingerprint density at radius 1 is 1.29 bits per heavy atom. The second kappa shape index (κ2) is 15.5. The zero-order valence-corrected chi connectivity index (χ0v) is 22.6. The minimum atomic E-state index is -5.43. The topological polar surface area (TPSA) is 233 Å². The van der Waals surface area contributed by atoms with Gasteiger partial charge in [0.15, 0.2) is 11.2 Å². The first-order valence-electron chi connectivity index (χ1n) is 6.76. The summed E-state index contributed by atoms with van der Waals surface area (Å²) < 4.78 is 10.8. The van der Waals surface area contributed by atoms with Crippen molar-refractivity contribution in [1.82, 2.24) is 19.5 Å². The molecular formula is C11H15N5Na3O8P. The molecule has 0 fully saturated rings. The number of nitrogens with two attached hydrogens (primary N) is 1. The summed E-state index contributed by atoms with van der Waals surface area (Å²) in [6.07, 6.45) is 2.06. The first-order chi connectivity index (χ1) is 11.6. The molecule has 13 nitrogen and oxygen atoms in total. The van der Waals surface area contributed by atoms with E-state index < -0.39 is 13.3 Å². The van der Waals surface area contributed by atoms with Crippen LogP contribution in [0, 0.1) is 5.92 Å². The Labute approximate surface area is 225 Å².